The highest BCUT2D eigenvalue weighted by Crippen LogP contribution is 2.32. The maximum Gasteiger partial charge on any atom is 0.306 e. The summed E-state index contributed by atoms with van der Waals surface area (Å²) in [6.07, 6.45) is 5.58. The fourth-order valence-electron chi connectivity index (χ4n) is 3.01. The number of aromatic nitrogens is 2. The molecule has 0 spiro atoms. The van der Waals surface area contributed by atoms with E-state index in [1.807, 2.05) is 18.8 Å². The van der Waals surface area contributed by atoms with Crippen molar-refractivity contribution in [1.82, 2.24) is 14.7 Å². The summed E-state index contributed by atoms with van der Waals surface area (Å²) in [6, 6.07) is 0.519. The third-order valence-electron chi connectivity index (χ3n) is 4.11. The number of aliphatic hydroxyl groups is 1. The van der Waals surface area contributed by atoms with Gasteiger partial charge in [0.15, 0.2) is 0 Å². The van der Waals surface area contributed by atoms with Crippen LogP contribution in [0.1, 0.15) is 26.2 Å². The predicted molar refractivity (Wildman–Crippen MR) is 87.1 cm³/mol. The molecule has 3 unspecified atom stereocenters. The van der Waals surface area contributed by atoms with E-state index in [1.54, 1.807) is 0 Å². The van der Waals surface area contributed by atoms with Crippen molar-refractivity contribution in [2.45, 2.75) is 50.1 Å². The molecule has 3 atom stereocenters. The number of hydrogen-bond donors (Lipinski definition) is 1. The first-order valence-corrected chi connectivity index (χ1v) is 8.71. The van der Waals surface area contributed by atoms with Crippen LogP contribution in [-0.2, 0) is 6.54 Å². The van der Waals surface area contributed by atoms with Crippen molar-refractivity contribution in [1.29, 1.82) is 0 Å². The molecule has 2 rings (SSSR count). The van der Waals surface area contributed by atoms with Gasteiger partial charge < -0.3 is 10.0 Å². The summed E-state index contributed by atoms with van der Waals surface area (Å²) < 4.78 is 1.43. The molecule has 8 heteroatoms. The Morgan fingerprint density at radius 2 is 2.41 bits per heavy atom. The molecule has 7 nitrogen and oxygen atoms in total. The average Bonchev–Trinajstić information content (AvgIpc) is 3.08. The van der Waals surface area contributed by atoms with Gasteiger partial charge in [0.25, 0.3) is 0 Å². The number of aliphatic hydroxyl groups excluding tert-OH is 1. The second kappa shape index (κ2) is 7.94. The van der Waals surface area contributed by atoms with E-state index in [4.69, 9.17) is 0 Å². The van der Waals surface area contributed by atoms with Gasteiger partial charge in [-0.3, -0.25) is 14.8 Å². The summed E-state index contributed by atoms with van der Waals surface area (Å²) in [5, 5.41) is 25.4. The second-order valence-corrected chi connectivity index (χ2v) is 7.39. The average molecular weight is 328 g/mol. The third kappa shape index (κ3) is 4.69. The van der Waals surface area contributed by atoms with Gasteiger partial charge in [-0.2, -0.15) is 16.9 Å². The van der Waals surface area contributed by atoms with Crippen molar-refractivity contribution in [3.8, 4) is 0 Å². The van der Waals surface area contributed by atoms with Crippen molar-refractivity contribution in [3.63, 3.8) is 0 Å². The molecule has 1 aliphatic carbocycles. The number of nitrogens with zero attached hydrogens (tertiary/aromatic N) is 4. The van der Waals surface area contributed by atoms with Crippen molar-refractivity contribution in [3.05, 3.63) is 22.5 Å². The SMILES string of the molecule is CCSC1CCC(N(C)CC(O)Cn2cc([N+](=O)[O-])cn2)C1. The number of nitro groups is 1. The highest BCUT2D eigenvalue weighted by atomic mass is 32.2. The predicted octanol–water partition coefficient (Wildman–Crippen LogP) is 1.76. The van der Waals surface area contributed by atoms with Crippen LogP contribution in [-0.4, -0.2) is 61.5 Å². The molecule has 1 saturated carbocycles. The zero-order valence-electron chi connectivity index (χ0n) is 13.1. The molecule has 124 valence electrons. The summed E-state index contributed by atoms with van der Waals surface area (Å²) >= 11 is 2.02. The molecule has 0 amide bonds. The quantitative estimate of drug-likeness (QED) is 0.578. The van der Waals surface area contributed by atoms with Gasteiger partial charge in [-0.05, 0) is 32.1 Å². The highest BCUT2D eigenvalue weighted by Gasteiger charge is 2.28. The first-order valence-electron chi connectivity index (χ1n) is 7.66. The molecule has 1 fully saturated rings. The molecule has 0 bridgehead atoms. The van der Waals surface area contributed by atoms with E-state index in [9.17, 15) is 15.2 Å². The van der Waals surface area contributed by atoms with Gasteiger partial charge in [-0.1, -0.05) is 6.92 Å². The van der Waals surface area contributed by atoms with Gasteiger partial charge in [0, 0.05) is 17.8 Å². The zero-order chi connectivity index (χ0) is 16.1. The van der Waals surface area contributed by atoms with E-state index < -0.39 is 11.0 Å². The molecule has 1 heterocycles. The summed E-state index contributed by atoms with van der Waals surface area (Å²) in [4.78, 5) is 12.3. The Morgan fingerprint density at radius 3 is 3.05 bits per heavy atom. The van der Waals surface area contributed by atoms with E-state index in [2.05, 4.69) is 16.9 Å². The largest absolute Gasteiger partial charge is 0.390 e. The van der Waals surface area contributed by atoms with Crippen LogP contribution in [0.5, 0.6) is 0 Å². The first-order chi connectivity index (χ1) is 10.5. The van der Waals surface area contributed by atoms with Crippen LogP contribution in [0.4, 0.5) is 5.69 Å². The van der Waals surface area contributed by atoms with Crippen LogP contribution in [0, 0.1) is 10.1 Å². The van der Waals surface area contributed by atoms with Gasteiger partial charge >= 0.3 is 5.69 Å². The Kier molecular flexibility index (Phi) is 6.22. The summed E-state index contributed by atoms with van der Waals surface area (Å²) in [7, 11) is 2.04. The summed E-state index contributed by atoms with van der Waals surface area (Å²) in [5.41, 5.74) is -0.0456. The van der Waals surface area contributed by atoms with E-state index in [1.165, 1.54) is 36.3 Å². The Morgan fingerprint density at radius 1 is 1.64 bits per heavy atom. The highest BCUT2D eigenvalue weighted by molar-refractivity contribution is 7.99. The Labute approximate surface area is 134 Å². The minimum absolute atomic E-state index is 0.0456. The molecular weight excluding hydrogens is 304 g/mol. The number of rotatable bonds is 8. The van der Waals surface area contributed by atoms with Crippen molar-refractivity contribution >= 4 is 17.4 Å². The van der Waals surface area contributed by atoms with Gasteiger partial charge in [0.1, 0.15) is 12.4 Å². The van der Waals surface area contributed by atoms with Gasteiger partial charge in [0.2, 0.25) is 0 Å². The number of likely N-dealkylation sites (N-methyl/N-ethyl adjacent to an activating group) is 1. The molecule has 0 aliphatic heterocycles. The lowest BCUT2D eigenvalue weighted by Gasteiger charge is -2.26. The second-order valence-electron chi connectivity index (χ2n) is 5.82. The molecule has 1 aliphatic rings. The van der Waals surface area contributed by atoms with Crippen LogP contribution in [0.2, 0.25) is 0 Å². The van der Waals surface area contributed by atoms with E-state index in [0.717, 1.165) is 11.0 Å². The fraction of sp³-hybridized carbons (Fsp3) is 0.786. The lowest BCUT2D eigenvalue weighted by molar-refractivity contribution is -0.385. The topological polar surface area (TPSA) is 84.4 Å². The van der Waals surface area contributed by atoms with Crippen LogP contribution in [0.3, 0.4) is 0 Å². The van der Waals surface area contributed by atoms with Crippen LogP contribution in [0.15, 0.2) is 12.4 Å². The monoisotopic (exact) mass is 328 g/mol. The lowest BCUT2D eigenvalue weighted by Crippen LogP contribution is -2.38. The van der Waals surface area contributed by atoms with E-state index in [0.29, 0.717) is 12.6 Å². The molecule has 1 aromatic rings. The Bertz CT molecular complexity index is 496. The molecule has 0 saturated heterocycles. The Hall–Kier alpha value is -1.12. The minimum atomic E-state index is -0.581. The molecule has 1 N–H and O–H groups in total. The fourth-order valence-corrected chi connectivity index (χ4v) is 4.14. The van der Waals surface area contributed by atoms with Crippen LogP contribution < -0.4 is 0 Å². The van der Waals surface area contributed by atoms with E-state index in [-0.39, 0.29) is 12.2 Å². The van der Waals surface area contributed by atoms with Crippen molar-refractivity contribution in [2.75, 3.05) is 19.3 Å². The smallest absolute Gasteiger partial charge is 0.306 e. The molecule has 0 radical (unpaired) electrons. The maximum atomic E-state index is 10.6. The molecule has 1 aromatic heterocycles. The summed E-state index contributed by atoms with van der Waals surface area (Å²) in [5.74, 6) is 1.15. The molecule has 0 aromatic carbocycles. The van der Waals surface area contributed by atoms with Crippen LogP contribution >= 0.6 is 11.8 Å². The number of thioether (sulfide) groups is 1. The summed E-state index contributed by atoms with van der Waals surface area (Å²) in [6.45, 7) is 3.02. The third-order valence-corrected chi connectivity index (χ3v) is 5.34. The standard InChI is InChI=1S/C14H24N4O3S/c1-3-22-14-5-4-11(6-14)16(2)9-13(19)10-17-8-12(7-15-17)18(20)21/h7-8,11,13-14,19H,3-6,9-10H2,1-2H3. The minimum Gasteiger partial charge on any atom is -0.390 e. The van der Waals surface area contributed by atoms with Gasteiger partial charge in [-0.25, -0.2) is 0 Å². The van der Waals surface area contributed by atoms with Crippen molar-refractivity contribution in [2.24, 2.45) is 0 Å². The zero-order valence-corrected chi connectivity index (χ0v) is 13.9. The van der Waals surface area contributed by atoms with Crippen molar-refractivity contribution < 1.29 is 10.0 Å². The lowest BCUT2D eigenvalue weighted by atomic mass is 10.2. The van der Waals surface area contributed by atoms with Gasteiger partial charge in [0.05, 0.1) is 17.6 Å². The maximum absolute atomic E-state index is 10.6. The van der Waals surface area contributed by atoms with Gasteiger partial charge in [-0.15, -0.1) is 0 Å². The normalized spacial score (nSPS) is 23.1. The van der Waals surface area contributed by atoms with E-state index >= 15 is 0 Å². The molecule has 22 heavy (non-hydrogen) atoms. The first kappa shape index (κ1) is 17.2. The Balaban J connectivity index is 1.78. The van der Waals surface area contributed by atoms with Crippen LogP contribution in [0.25, 0.3) is 0 Å². The molecular formula is C14H24N4O3S. The number of hydrogen-bond acceptors (Lipinski definition) is 6.